The van der Waals surface area contributed by atoms with Crippen molar-refractivity contribution in [2.75, 3.05) is 11.9 Å². The number of aromatic nitrogens is 2. The van der Waals surface area contributed by atoms with Gasteiger partial charge < -0.3 is 10.3 Å². The number of hydrogen-bond acceptors (Lipinski definition) is 2. The van der Waals surface area contributed by atoms with E-state index in [9.17, 15) is 8.78 Å². The number of alkyl halides is 2. The molecular formula is C9H9F2N3. The second kappa shape index (κ2) is 3.61. The van der Waals surface area contributed by atoms with Crippen LogP contribution >= 0.6 is 0 Å². The summed E-state index contributed by atoms with van der Waals surface area (Å²) in [7, 11) is 0. The summed E-state index contributed by atoms with van der Waals surface area (Å²) in [5.74, 6) is 0.381. The van der Waals surface area contributed by atoms with Crippen molar-refractivity contribution in [3.8, 4) is 0 Å². The first-order valence-corrected chi connectivity index (χ1v) is 4.22. The summed E-state index contributed by atoms with van der Waals surface area (Å²) in [4.78, 5) is 6.98. The van der Waals surface area contributed by atoms with Gasteiger partial charge in [0.25, 0.3) is 6.43 Å². The van der Waals surface area contributed by atoms with Crippen molar-refractivity contribution in [2.45, 2.75) is 6.43 Å². The van der Waals surface area contributed by atoms with Crippen LogP contribution in [0.5, 0.6) is 0 Å². The highest BCUT2D eigenvalue weighted by atomic mass is 19.3. The van der Waals surface area contributed by atoms with Crippen LogP contribution in [-0.4, -0.2) is 22.9 Å². The predicted octanol–water partition coefficient (Wildman–Crippen LogP) is 2.24. The number of halogens is 2. The van der Waals surface area contributed by atoms with Crippen molar-refractivity contribution >= 4 is 17.0 Å². The maximum absolute atomic E-state index is 11.9. The Morgan fingerprint density at radius 1 is 1.36 bits per heavy atom. The monoisotopic (exact) mass is 197 g/mol. The maximum Gasteiger partial charge on any atom is 0.255 e. The topological polar surface area (TPSA) is 40.7 Å². The molecule has 0 saturated carbocycles. The first-order chi connectivity index (χ1) is 6.75. The van der Waals surface area contributed by atoms with Crippen molar-refractivity contribution in [1.82, 2.24) is 9.97 Å². The summed E-state index contributed by atoms with van der Waals surface area (Å²) in [5, 5.41) is 2.52. The van der Waals surface area contributed by atoms with Crippen LogP contribution in [0.3, 0.4) is 0 Å². The van der Waals surface area contributed by atoms with E-state index in [2.05, 4.69) is 15.3 Å². The second-order valence-corrected chi connectivity index (χ2v) is 2.87. The number of fused-ring (bicyclic) bond motifs is 1. The van der Waals surface area contributed by atoms with E-state index in [1.165, 1.54) is 0 Å². The highest BCUT2D eigenvalue weighted by Gasteiger charge is 2.04. The molecule has 2 aromatic rings. The summed E-state index contributed by atoms with van der Waals surface area (Å²) in [6, 6.07) is 7.37. The van der Waals surface area contributed by atoms with E-state index in [1.807, 2.05) is 24.3 Å². The average Bonchev–Trinajstić information content (AvgIpc) is 2.57. The van der Waals surface area contributed by atoms with Crippen molar-refractivity contribution in [3.63, 3.8) is 0 Å². The Bertz CT molecular complexity index is 392. The molecule has 0 fully saturated rings. The molecule has 74 valence electrons. The third-order valence-corrected chi connectivity index (χ3v) is 1.81. The van der Waals surface area contributed by atoms with E-state index in [1.54, 1.807) is 0 Å². The van der Waals surface area contributed by atoms with Crippen LogP contribution < -0.4 is 5.32 Å². The van der Waals surface area contributed by atoms with Crippen molar-refractivity contribution < 1.29 is 8.78 Å². The van der Waals surface area contributed by atoms with Gasteiger partial charge in [0, 0.05) is 0 Å². The van der Waals surface area contributed by atoms with E-state index in [0.29, 0.717) is 5.95 Å². The standard InChI is InChI=1S/C9H9F2N3/c10-8(11)5-12-9-13-6-3-1-2-4-7(6)14-9/h1-4,8H,5H2,(H2,12,13,14). The molecular weight excluding hydrogens is 188 g/mol. The molecule has 0 amide bonds. The van der Waals surface area contributed by atoms with Gasteiger partial charge in [-0.3, -0.25) is 0 Å². The number of para-hydroxylation sites is 2. The third kappa shape index (κ3) is 1.81. The molecule has 0 bridgehead atoms. The molecule has 2 N–H and O–H groups in total. The van der Waals surface area contributed by atoms with Crippen LogP contribution in [0.15, 0.2) is 24.3 Å². The minimum absolute atomic E-state index is 0.381. The van der Waals surface area contributed by atoms with Gasteiger partial charge in [0.1, 0.15) is 0 Å². The first kappa shape index (κ1) is 8.93. The van der Waals surface area contributed by atoms with Crippen LogP contribution in [0.4, 0.5) is 14.7 Å². The molecule has 0 saturated heterocycles. The van der Waals surface area contributed by atoms with Crippen LogP contribution in [0.2, 0.25) is 0 Å². The van der Waals surface area contributed by atoms with E-state index in [4.69, 9.17) is 0 Å². The highest BCUT2D eigenvalue weighted by Crippen LogP contribution is 2.13. The lowest BCUT2D eigenvalue weighted by atomic mass is 10.3. The third-order valence-electron chi connectivity index (χ3n) is 1.81. The number of benzene rings is 1. The minimum atomic E-state index is -2.37. The number of nitrogens with one attached hydrogen (secondary N) is 2. The van der Waals surface area contributed by atoms with Gasteiger partial charge in [0.05, 0.1) is 17.6 Å². The smallest absolute Gasteiger partial charge is 0.255 e. The zero-order valence-electron chi connectivity index (χ0n) is 7.30. The van der Waals surface area contributed by atoms with E-state index >= 15 is 0 Å². The fourth-order valence-electron chi connectivity index (χ4n) is 1.21. The number of aromatic amines is 1. The second-order valence-electron chi connectivity index (χ2n) is 2.87. The zero-order chi connectivity index (χ0) is 9.97. The minimum Gasteiger partial charge on any atom is -0.350 e. The lowest BCUT2D eigenvalue weighted by Crippen LogP contribution is -2.10. The largest absolute Gasteiger partial charge is 0.350 e. The Balaban J connectivity index is 2.19. The highest BCUT2D eigenvalue weighted by molar-refractivity contribution is 5.77. The normalized spacial score (nSPS) is 11.1. The quantitative estimate of drug-likeness (QED) is 0.792. The SMILES string of the molecule is FC(F)CNc1nc2ccccc2[nH]1. The Morgan fingerprint density at radius 3 is 2.86 bits per heavy atom. The van der Waals surface area contributed by atoms with Gasteiger partial charge in [-0.05, 0) is 12.1 Å². The van der Waals surface area contributed by atoms with Gasteiger partial charge >= 0.3 is 0 Å². The summed E-state index contributed by atoms with van der Waals surface area (Å²) >= 11 is 0. The molecule has 0 spiro atoms. The molecule has 0 radical (unpaired) electrons. The fourth-order valence-corrected chi connectivity index (χ4v) is 1.21. The summed E-state index contributed by atoms with van der Waals surface area (Å²) in [5.41, 5.74) is 1.61. The van der Waals surface area contributed by atoms with Gasteiger partial charge in [-0.25, -0.2) is 13.8 Å². The number of anilines is 1. The summed E-state index contributed by atoms with van der Waals surface area (Å²) < 4.78 is 23.7. The van der Waals surface area contributed by atoms with E-state index in [-0.39, 0.29) is 6.54 Å². The summed E-state index contributed by atoms with van der Waals surface area (Å²) in [6.07, 6.45) is -2.37. The van der Waals surface area contributed by atoms with Crippen LogP contribution in [0.25, 0.3) is 11.0 Å². The van der Waals surface area contributed by atoms with Gasteiger partial charge in [0.15, 0.2) is 0 Å². The molecule has 0 aliphatic rings. The number of nitrogens with zero attached hydrogens (tertiary/aromatic N) is 1. The molecule has 0 aliphatic carbocycles. The Morgan fingerprint density at radius 2 is 2.14 bits per heavy atom. The molecule has 14 heavy (non-hydrogen) atoms. The number of hydrogen-bond donors (Lipinski definition) is 2. The molecule has 5 heteroatoms. The summed E-state index contributed by atoms with van der Waals surface area (Å²) in [6.45, 7) is -0.389. The Labute approximate surface area is 79.2 Å². The van der Waals surface area contributed by atoms with Gasteiger partial charge in [-0.15, -0.1) is 0 Å². The van der Waals surface area contributed by atoms with Gasteiger partial charge in [0.2, 0.25) is 5.95 Å². The molecule has 0 atom stereocenters. The zero-order valence-corrected chi connectivity index (χ0v) is 7.30. The van der Waals surface area contributed by atoms with Crippen molar-refractivity contribution in [3.05, 3.63) is 24.3 Å². The van der Waals surface area contributed by atoms with E-state index < -0.39 is 6.43 Å². The lowest BCUT2D eigenvalue weighted by molar-refractivity contribution is 0.163. The maximum atomic E-state index is 11.9. The van der Waals surface area contributed by atoms with Gasteiger partial charge in [-0.2, -0.15) is 0 Å². The average molecular weight is 197 g/mol. The molecule has 0 unspecified atom stereocenters. The fraction of sp³-hybridized carbons (Fsp3) is 0.222. The molecule has 3 nitrogen and oxygen atoms in total. The number of H-pyrrole nitrogens is 1. The van der Waals surface area contributed by atoms with Gasteiger partial charge in [-0.1, -0.05) is 12.1 Å². The Hall–Kier alpha value is -1.65. The van der Waals surface area contributed by atoms with Crippen LogP contribution in [0, 0.1) is 0 Å². The lowest BCUT2D eigenvalue weighted by Gasteiger charge is -1.99. The van der Waals surface area contributed by atoms with Crippen molar-refractivity contribution in [1.29, 1.82) is 0 Å². The number of imidazole rings is 1. The Kier molecular flexibility index (Phi) is 2.30. The molecule has 1 aromatic heterocycles. The molecule has 2 rings (SSSR count). The molecule has 1 heterocycles. The van der Waals surface area contributed by atoms with E-state index in [0.717, 1.165) is 11.0 Å². The van der Waals surface area contributed by atoms with Crippen LogP contribution in [-0.2, 0) is 0 Å². The van der Waals surface area contributed by atoms with Crippen molar-refractivity contribution in [2.24, 2.45) is 0 Å². The molecule has 0 aliphatic heterocycles. The predicted molar refractivity (Wildman–Crippen MR) is 50.6 cm³/mol. The number of rotatable bonds is 3. The van der Waals surface area contributed by atoms with Crippen LogP contribution in [0.1, 0.15) is 0 Å². The first-order valence-electron chi connectivity index (χ1n) is 4.22. The molecule has 1 aromatic carbocycles.